The third-order valence-electron chi connectivity index (χ3n) is 16.4. The molecule has 0 spiro atoms. The molecule has 0 aliphatic heterocycles. The van der Waals surface area contributed by atoms with Crippen LogP contribution >= 0.6 is 22.7 Å². The number of nitrogens with zero attached hydrogens (tertiary/aromatic N) is 3. The van der Waals surface area contributed by atoms with E-state index in [-0.39, 0.29) is 5.92 Å². The molecule has 10 rings (SSSR count). The van der Waals surface area contributed by atoms with E-state index in [1.807, 2.05) is 35.1 Å². The minimum atomic E-state index is 0.240. The molecule has 0 fully saturated rings. The second-order valence-electron chi connectivity index (χ2n) is 22.2. The standard InChI is InChI=1S/C71H83N3S2/c1-5-9-13-17-21-25-51-29-33-57-59(45-51)60-46-52(26-22-18-14-10-6-2)30-34-58(60)71(57)69-38-37-67(75-69)55-41-43-72-63(49-55)64-50-56(42-44-73-64)68-39-40-70(76-68)74-65-35-31-53(27-23-19-15-11-7-3)47-61(65)62-48-54(32-36-66(62)74)28-24-20-16-12-8-4/h29-50,71H,5-28H2,1-4H3. The Morgan fingerprint density at radius 1 is 0.382 bits per heavy atom. The van der Waals surface area contributed by atoms with Crippen LogP contribution in [-0.2, 0) is 25.7 Å². The van der Waals surface area contributed by atoms with E-state index in [9.17, 15) is 0 Å². The van der Waals surface area contributed by atoms with Crippen LogP contribution in [0.15, 0.2) is 134 Å². The SMILES string of the molecule is CCCCCCCc1ccc2c(c1)-c1cc(CCCCCCC)ccc1C2c1ccc(-c2ccnc(-c3cc(-c4ccc(-n5c6ccc(CCCCCCC)cc6c6cc(CCCCCCC)ccc65)s4)ccn3)c2)s1. The van der Waals surface area contributed by atoms with Gasteiger partial charge in [0, 0.05) is 43.7 Å². The highest BCUT2D eigenvalue weighted by molar-refractivity contribution is 7.18. The largest absolute Gasteiger partial charge is 0.301 e. The van der Waals surface area contributed by atoms with Crippen molar-refractivity contribution in [3.8, 4) is 48.4 Å². The molecular formula is C71H83N3S2. The highest BCUT2D eigenvalue weighted by Gasteiger charge is 2.32. The number of hydrogen-bond acceptors (Lipinski definition) is 4. The predicted molar refractivity (Wildman–Crippen MR) is 331 cm³/mol. The number of pyridine rings is 2. The van der Waals surface area contributed by atoms with Crippen molar-refractivity contribution in [2.45, 2.75) is 188 Å². The van der Waals surface area contributed by atoms with E-state index in [1.165, 1.54) is 225 Å². The Kier molecular flexibility index (Phi) is 18.8. The van der Waals surface area contributed by atoms with Crippen LogP contribution in [0.5, 0.6) is 0 Å². The van der Waals surface area contributed by atoms with E-state index in [1.54, 1.807) is 0 Å². The highest BCUT2D eigenvalue weighted by Crippen LogP contribution is 2.51. The third kappa shape index (κ3) is 12.7. The number of rotatable bonds is 29. The lowest BCUT2D eigenvalue weighted by Gasteiger charge is -2.13. The number of thiophene rings is 2. The summed E-state index contributed by atoms with van der Waals surface area (Å²) in [6, 6.07) is 47.6. The van der Waals surface area contributed by atoms with Gasteiger partial charge in [-0.05, 0) is 180 Å². The summed E-state index contributed by atoms with van der Waals surface area (Å²) in [6.45, 7) is 9.21. The first-order valence-corrected chi connectivity index (χ1v) is 31.6. The predicted octanol–water partition coefficient (Wildman–Crippen LogP) is 21.9. The summed E-state index contributed by atoms with van der Waals surface area (Å²) in [5, 5.41) is 4.00. The molecule has 0 unspecified atom stereocenters. The molecule has 9 aromatic rings. The van der Waals surface area contributed by atoms with E-state index in [2.05, 4.69) is 154 Å². The normalized spacial score (nSPS) is 12.4. The van der Waals surface area contributed by atoms with Crippen molar-refractivity contribution < 1.29 is 0 Å². The number of hydrogen-bond donors (Lipinski definition) is 0. The molecule has 0 atom stereocenters. The van der Waals surface area contributed by atoms with E-state index in [0.29, 0.717) is 0 Å². The number of fused-ring (bicyclic) bond motifs is 6. The highest BCUT2D eigenvalue weighted by atomic mass is 32.1. The van der Waals surface area contributed by atoms with Crippen LogP contribution in [0.25, 0.3) is 70.2 Å². The molecule has 0 bridgehead atoms. The van der Waals surface area contributed by atoms with E-state index in [4.69, 9.17) is 9.97 Å². The minimum Gasteiger partial charge on any atom is -0.301 e. The molecule has 3 nitrogen and oxygen atoms in total. The maximum absolute atomic E-state index is 4.93. The molecule has 5 heterocycles. The second kappa shape index (κ2) is 26.6. The maximum atomic E-state index is 4.93. The number of aryl methyl sites for hydroxylation is 4. The summed E-state index contributed by atoms with van der Waals surface area (Å²) in [5.74, 6) is 0.240. The lowest BCUT2D eigenvalue weighted by molar-refractivity contribution is 0.632. The van der Waals surface area contributed by atoms with Gasteiger partial charge in [0.1, 0.15) is 5.00 Å². The van der Waals surface area contributed by atoms with Gasteiger partial charge in [0.25, 0.3) is 0 Å². The van der Waals surface area contributed by atoms with Crippen molar-refractivity contribution in [2.24, 2.45) is 0 Å². The molecular weight excluding hydrogens is 959 g/mol. The smallest absolute Gasteiger partial charge is 0.101 e. The first-order valence-electron chi connectivity index (χ1n) is 30.0. The molecule has 0 saturated heterocycles. The number of benzene rings is 4. The third-order valence-corrected chi connectivity index (χ3v) is 18.7. The zero-order valence-corrected chi connectivity index (χ0v) is 48.0. The Labute approximate surface area is 464 Å². The van der Waals surface area contributed by atoms with Gasteiger partial charge < -0.3 is 4.57 Å². The fourth-order valence-corrected chi connectivity index (χ4v) is 14.2. The minimum absolute atomic E-state index is 0.240. The van der Waals surface area contributed by atoms with Gasteiger partial charge in [0.2, 0.25) is 0 Å². The van der Waals surface area contributed by atoms with Crippen LogP contribution in [0.4, 0.5) is 0 Å². The Balaban J connectivity index is 0.900. The topological polar surface area (TPSA) is 30.7 Å². The zero-order chi connectivity index (χ0) is 52.1. The monoisotopic (exact) mass is 1040 g/mol. The van der Waals surface area contributed by atoms with Gasteiger partial charge in [-0.2, -0.15) is 0 Å². The van der Waals surface area contributed by atoms with Gasteiger partial charge in [-0.3, -0.25) is 9.97 Å². The summed E-state index contributed by atoms with van der Waals surface area (Å²) in [7, 11) is 0. The molecule has 0 amide bonds. The van der Waals surface area contributed by atoms with E-state index < -0.39 is 0 Å². The fourth-order valence-electron chi connectivity index (χ4n) is 12.1. The van der Waals surface area contributed by atoms with Crippen molar-refractivity contribution in [1.29, 1.82) is 0 Å². The molecule has 76 heavy (non-hydrogen) atoms. The first-order chi connectivity index (χ1) is 37.5. The van der Waals surface area contributed by atoms with Gasteiger partial charge in [-0.1, -0.05) is 179 Å². The van der Waals surface area contributed by atoms with E-state index >= 15 is 0 Å². The molecule has 5 aromatic heterocycles. The zero-order valence-electron chi connectivity index (χ0n) is 46.4. The molecule has 0 radical (unpaired) electrons. The van der Waals surface area contributed by atoms with Crippen LogP contribution in [0.3, 0.4) is 0 Å². The lowest BCUT2D eigenvalue weighted by Crippen LogP contribution is -1.97. The maximum Gasteiger partial charge on any atom is 0.101 e. The Morgan fingerprint density at radius 2 is 0.789 bits per heavy atom. The summed E-state index contributed by atoms with van der Waals surface area (Å²) in [5.41, 5.74) is 18.4. The van der Waals surface area contributed by atoms with Gasteiger partial charge >= 0.3 is 0 Å². The molecule has 1 aliphatic rings. The summed E-state index contributed by atoms with van der Waals surface area (Å²) < 4.78 is 2.52. The van der Waals surface area contributed by atoms with Gasteiger partial charge in [0.05, 0.1) is 22.4 Å². The molecule has 1 aliphatic carbocycles. The number of unbranched alkanes of at least 4 members (excludes halogenated alkanes) is 16. The van der Waals surface area contributed by atoms with Gasteiger partial charge in [-0.15, -0.1) is 22.7 Å². The quantitative estimate of drug-likeness (QED) is 0.0438. The summed E-state index contributed by atoms with van der Waals surface area (Å²) in [6.07, 6.45) is 34.8. The fraction of sp³-hybridized carbons (Fsp3) is 0.408. The van der Waals surface area contributed by atoms with Crippen molar-refractivity contribution in [3.05, 3.63) is 172 Å². The average molecular weight is 1040 g/mol. The van der Waals surface area contributed by atoms with Crippen LogP contribution < -0.4 is 0 Å². The van der Waals surface area contributed by atoms with Crippen molar-refractivity contribution in [1.82, 2.24) is 14.5 Å². The van der Waals surface area contributed by atoms with Crippen LogP contribution in [0.1, 0.15) is 200 Å². The Hall–Kier alpha value is -5.62. The first kappa shape index (κ1) is 53.8. The molecule has 394 valence electrons. The van der Waals surface area contributed by atoms with Crippen LogP contribution in [0.2, 0.25) is 0 Å². The molecule has 0 N–H and O–H groups in total. The Morgan fingerprint density at radius 3 is 1.25 bits per heavy atom. The van der Waals surface area contributed by atoms with Crippen molar-refractivity contribution in [2.75, 3.05) is 0 Å². The van der Waals surface area contributed by atoms with Crippen LogP contribution in [0, 0.1) is 0 Å². The Bertz CT molecular complexity index is 3170. The molecule has 5 heteroatoms. The number of aromatic nitrogens is 3. The van der Waals surface area contributed by atoms with Gasteiger partial charge in [-0.25, -0.2) is 0 Å². The lowest BCUT2D eigenvalue weighted by atomic mass is 9.93. The molecule has 4 aromatic carbocycles. The van der Waals surface area contributed by atoms with Crippen molar-refractivity contribution in [3.63, 3.8) is 0 Å². The summed E-state index contributed by atoms with van der Waals surface area (Å²) in [4.78, 5) is 13.8. The van der Waals surface area contributed by atoms with E-state index in [0.717, 1.165) is 37.1 Å². The van der Waals surface area contributed by atoms with Crippen molar-refractivity contribution >= 4 is 44.5 Å². The van der Waals surface area contributed by atoms with Gasteiger partial charge in [0.15, 0.2) is 0 Å². The van der Waals surface area contributed by atoms with Crippen LogP contribution in [-0.4, -0.2) is 14.5 Å². The summed E-state index contributed by atoms with van der Waals surface area (Å²) >= 11 is 3.80. The second-order valence-corrected chi connectivity index (χ2v) is 24.3. The molecule has 0 saturated carbocycles. The average Bonchev–Trinajstić information content (AvgIpc) is 4.28.